The van der Waals surface area contributed by atoms with Crippen LogP contribution < -0.4 is 4.90 Å². The van der Waals surface area contributed by atoms with Crippen LogP contribution in [0.5, 0.6) is 0 Å². The van der Waals surface area contributed by atoms with E-state index in [1.165, 1.54) is 0 Å². The summed E-state index contributed by atoms with van der Waals surface area (Å²) >= 11 is 1.55. The normalized spacial score (nSPS) is 15.4. The van der Waals surface area contributed by atoms with Gasteiger partial charge in [-0.2, -0.15) is 8.42 Å². The molecule has 1 aliphatic heterocycles. The first-order valence-corrected chi connectivity index (χ1v) is 6.86. The number of nitrogens with zero attached hydrogens (tertiary/aromatic N) is 1. The van der Waals surface area contributed by atoms with Gasteiger partial charge in [0.2, 0.25) is 0 Å². The highest BCUT2D eigenvalue weighted by Gasteiger charge is 2.20. The molecule has 2 rings (SSSR count). The van der Waals surface area contributed by atoms with E-state index in [1.54, 1.807) is 11.8 Å². The number of para-hydroxylation sites is 1. The van der Waals surface area contributed by atoms with Crippen molar-refractivity contribution < 1.29 is 13.0 Å². The summed E-state index contributed by atoms with van der Waals surface area (Å²) in [5, 5.41) is 0. The SMILES string of the molecule is O=S(=O)(O)CCN1[CH]Sc2ccccc21. The highest BCUT2D eigenvalue weighted by atomic mass is 32.2. The van der Waals surface area contributed by atoms with Crippen molar-refractivity contribution in [1.29, 1.82) is 0 Å². The first-order valence-electron chi connectivity index (χ1n) is 4.37. The Morgan fingerprint density at radius 3 is 2.80 bits per heavy atom. The van der Waals surface area contributed by atoms with Gasteiger partial charge in [-0.25, -0.2) is 0 Å². The van der Waals surface area contributed by atoms with Gasteiger partial charge in [0, 0.05) is 11.4 Å². The van der Waals surface area contributed by atoms with E-state index in [1.807, 2.05) is 35.0 Å². The fourth-order valence-electron chi connectivity index (χ4n) is 1.36. The third kappa shape index (κ3) is 2.64. The summed E-state index contributed by atoms with van der Waals surface area (Å²) in [4.78, 5) is 2.93. The molecule has 0 fully saturated rings. The van der Waals surface area contributed by atoms with Gasteiger partial charge < -0.3 is 4.90 Å². The fraction of sp³-hybridized carbons (Fsp3) is 0.222. The molecule has 1 N–H and O–H groups in total. The topological polar surface area (TPSA) is 57.6 Å². The van der Waals surface area contributed by atoms with E-state index in [2.05, 4.69) is 0 Å². The molecule has 0 spiro atoms. The number of benzene rings is 1. The quantitative estimate of drug-likeness (QED) is 0.819. The second-order valence-corrected chi connectivity index (χ2v) is 5.63. The third-order valence-corrected chi connectivity index (χ3v) is 3.73. The number of fused-ring (bicyclic) bond motifs is 1. The summed E-state index contributed by atoms with van der Waals surface area (Å²) in [5.74, 6) is 1.61. The van der Waals surface area contributed by atoms with Crippen molar-refractivity contribution in [3.05, 3.63) is 30.1 Å². The summed E-state index contributed by atoms with van der Waals surface area (Å²) in [7, 11) is -3.89. The molecule has 81 valence electrons. The molecule has 0 aromatic heterocycles. The molecule has 1 heterocycles. The lowest BCUT2D eigenvalue weighted by atomic mass is 10.3. The zero-order chi connectivity index (χ0) is 10.9. The maximum Gasteiger partial charge on any atom is 0.266 e. The van der Waals surface area contributed by atoms with E-state index >= 15 is 0 Å². The molecule has 4 nitrogen and oxygen atoms in total. The fourth-order valence-corrected chi connectivity index (χ4v) is 2.71. The van der Waals surface area contributed by atoms with E-state index < -0.39 is 10.1 Å². The zero-order valence-corrected chi connectivity index (χ0v) is 9.46. The highest BCUT2D eigenvalue weighted by molar-refractivity contribution is 8.01. The Bertz CT molecular complexity index is 458. The first-order chi connectivity index (χ1) is 7.06. The van der Waals surface area contributed by atoms with Gasteiger partial charge in [0.25, 0.3) is 10.1 Å². The average molecular weight is 244 g/mol. The minimum absolute atomic E-state index is 0.252. The maximum atomic E-state index is 10.6. The Morgan fingerprint density at radius 1 is 1.33 bits per heavy atom. The Kier molecular flexibility index (Phi) is 2.90. The molecule has 0 atom stereocenters. The summed E-state index contributed by atoms with van der Waals surface area (Å²) in [6, 6.07) is 7.74. The van der Waals surface area contributed by atoms with Crippen LogP contribution in [0.3, 0.4) is 0 Å². The van der Waals surface area contributed by atoms with Gasteiger partial charge in [-0.3, -0.25) is 4.55 Å². The van der Waals surface area contributed by atoms with Gasteiger partial charge in [0.1, 0.15) is 5.88 Å². The van der Waals surface area contributed by atoms with Gasteiger partial charge in [-0.05, 0) is 12.1 Å². The van der Waals surface area contributed by atoms with Crippen LogP contribution in [0.25, 0.3) is 0 Å². The number of anilines is 1. The van der Waals surface area contributed by atoms with Crippen molar-refractivity contribution in [1.82, 2.24) is 0 Å². The summed E-state index contributed by atoms with van der Waals surface area (Å²) in [6.07, 6.45) is 0. The molecule has 0 saturated carbocycles. The van der Waals surface area contributed by atoms with Gasteiger partial charge in [-0.1, -0.05) is 23.9 Å². The summed E-state index contributed by atoms with van der Waals surface area (Å²) < 4.78 is 29.9. The highest BCUT2D eigenvalue weighted by Crippen LogP contribution is 2.40. The van der Waals surface area contributed by atoms with Crippen LogP contribution in [-0.4, -0.2) is 25.3 Å². The van der Waals surface area contributed by atoms with Crippen LogP contribution in [0, 0.1) is 5.88 Å². The van der Waals surface area contributed by atoms with Crippen molar-refractivity contribution in [3.63, 3.8) is 0 Å². The molecule has 0 aliphatic carbocycles. The Hall–Kier alpha value is -0.720. The molecule has 1 aliphatic rings. The standard InChI is InChI=1S/C9H10NO3S2/c11-15(12,13)6-5-10-7-14-9-4-2-1-3-8(9)10/h1-4,7H,5-6H2,(H,11,12,13). The molecule has 15 heavy (non-hydrogen) atoms. The molecule has 1 aromatic rings. The Labute approximate surface area is 93.0 Å². The number of thioether (sulfide) groups is 1. The molecular formula is C9H10NO3S2. The second-order valence-electron chi connectivity index (χ2n) is 3.17. The van der Waals surface area contributed by atoms with Crippen LogP contribution in [-0.2, 0) is 10.1 Å². The predicted octanol–water partition coefficient (Wildman–Crippen LogP) is 1.61. The van der Waals surface area contributed by atoms with Crippen LogP contribution in [0.1, 0.15) is 0 Å². The lowest BCUT2D eigenvalue weighted by Crippen LogP contribution is -2.23. The second kappa shape index (κ2) is 4.03. The van der Waals surface area contributed by atoms with Crippen molar-refractivity contribution in [2.75, 3.05) is 17.2 Å². The molecule has 0 amide bonds. The van der Waals surface area contributed by atoms with Crippen molar-refractivity contribution in [3.8, 4) is 0 Å². The van der Waals surface area contributed by atoms with Gasteiger partial charge in [0.05, 0.1) is 11.4 Å². The van der Waals surface area contributed by atoms with Crippen LogP contribution in [0.4, 0.5) is 5.69 Å². The number of rotatable bonds is 3. The van der Waals surface area contributed by atoms with Crippen molar-refractivity contribution >= 4 is 27.6 Å². The maximum absolute atomic E-state index is 10.6. The minimum Gasteiger partial charge on any atom is -0.354 e. The summed E-state index contributed by atoms with van der Waals surface area (Å²) in [5.41, 5.74) is 0.992. The number of hydrogen-bond acceptors (Lipinski definition) is 4. The zero-order valence-electron chi connectivity index (χ0n) is 7.83. The van der Waals surface area contributed by atoms with E-state index in [0.717, 1.165) is 10.6 Å². The molecule has 0 saturated heterocycles. The predicted molar refractivity (Wildman–Crippen MR) is 60.4 cm³/mol. The smallest absolute Gasteiger partial charge is 0.266 e. The minimum atomic E-state index is -3.89. The van der Waals surface area contributed by atoms with Crippen molar-refractivity contribution in [2.24, 2.45) is 0 Å². The van der Waals surface area contributed by atoms with Gasteiger partial charge in [-0.15, -0.1) is 0 Å². The monoisotopic (exact) mass is 244 g/mol. The van der Waals surface area contributed by atoms with Crippen LogP contribution in [0.2, 0.25) is 0 Å². The molecular weight excluding hydrogens is 234 g/mol. The molecule has 0 unspecified atom stereocenters. The van der Waals surface area contributed by atoms with Crippen LogP contribution in [0.15, 0.2) is 29.2 Å². The lowest BCUT2D eigenvalue weighted by Gasteiger charge is -2.16. The molecule has 0 bridgehead atoms. The largest absolute Gasteiger partial charge is 0.354 e. The first kappa shape index (κ1) is 10.8. The van der Waals surface area contributed by atoms with E-state index in [0.29, 0.717) is 0 Å². The van der Waals surface area contributed by atoms with E-state index in [-0.39, 0.29) is 12.3 Å². The third-order valence-electron chi connectivity index (χ3n) is 2.07. The molecule has 6 heteroatoms. The molecule has 1 radical (unpaired) electrons. The van der Waals surface area contributed by atoms with Gasteiger partial charge >= 0.3 is 0 Å². The van der Waals surface area contributed by atoms with E-state index in [4.69, 9.17) is 4.55 Å². The Morgan fingerprint density at radius 2 is 2.07 bits per heavy atom. The van der Waals surface area contributed by atoms with Gasteiger partial charge in [0.15, 0.2) is 0 Å². The Balaban J connectivity index is 2.08. The lowest BCUT2D eigenvalue weighted by molar-refractivity contribution is 0.483. The summed E-state index contributed by atoms with van der Waals surface area (Å²) in [6.45, 7) is 0.281. The van der Waals surface area contributed by atoms with Crippen molar-refractivity contribution in [2.45, 2.75) is 4.90 Å². The number of hydrogen-bond donors (Lipinski definition) is 1. The van der Waals surface area contributed by atoms with E-state index in [9.17, 15) is 8.42 Å². The van der Waals surface area contributed by atoms with Crippen LogP contribution >= 0.6 is 11.8 Å². The molecule has 1 aromatic carbocycles. The average Bonchev–Trinajstić information content (AvgIpc) is 2.57.